The molecule has 6 nitrogen and oxygen atoms in total. The van der Waals surface area contributed by atoms with Crippen LogP contribution >= 0.6 is 0 Å². The van der Waals surface area contributed by atoms with Gasteiger partial charge >= 0.3 is 0 Å². The monoisotopic (exact) mass is 376 g/mol. The van der Waals surface area contributed by atoms with Gasteiger partial charge < -0.3 is 9.73 Å². The number of hydrogen-bond donors (Lipinski definition) is 1. The average molecular weight is 376 g/mol. The van der Waals surface area contributed by atoms with Crippen molar-refractivity contribution in [2.24, 2.45) is 0 Å². The topological polar surface area (TPSA) is 79.6 Å². The fraction of sp³-hybridized carbons (Fsp3) is 0.421. The Morgan fingerprint density at radius 1 is 1.19 bits per heavy atom. The van der Waals surface area contributed by atoms with Gasteiger partial charge in [0, 0.05) is 26.6 Å². The van der Waals surface area contributed by atoms with Crippen LogP contribution in [0.25, 0.3) is 0 Å². The Morgan fingerprint density at radius 2 is 1.92 bits per heavy atom. The molecule has 1 aromatic carbocycles. The number of hydrogen-bond acceptors (Lipinski definition) is 5. The molecule has 0 saturated carbocycles. The van der Waals surface area contributed by atoms with Crippen LogP contribution in [0.3, 0.4) is 0 Å². The van der Waals surface area contributed by atoms with Crippen LogP contribution in [-0.4, -0.2) is 50.7 Å². The van der Waals surface area contributed by atoms with Crippen LogP contribution in [-0.2, 0) is 14.6 Å². The quantitative estimate of drug-likeness (QED) is 0.834. The molecule has 1 aliphatic heterocycles. The van der Waals surface area contributed by atoms with E-state index >= 15 is 0 Å². The van der Waals surface area contributed by atoms with Gasteiger partial charge in [0.1, 0.15) is 11.5 Å². The lowest BCUT2D eigenvalue weighted by Crippen LogP contribution is -2.38. The molecule has 1 fully saturated rings. The van der Waals surface area contributed by atoms with Crippen molar-refractivity contribution in [2.75, 3.05) is 25.4 Å². The number of benzene rings is 1. The second-order valence-corrected chi connectivity index (χ2v) is 8.86. The summed E-state index contributed by atoms with van der Waals surface area (Å²) in [5.74, 6) is 1.63. The van der Waals surface area contributed by atoms with Crippen molar-refractivity contribution in [3.63, 3.8) is 0 Å². The zero-order chi connectivity index (χ0) is 18.7. The van der Waals surface area contributed by atoms with Crippen LogP contribution in [0.1, 0.15) is 24.4 Å². The van der Waals surface area contributed by atoms with Crippen LogP contribution in [0.4, 0.5) is 0 Å². The number of rotatable bonds is 6. The molecule has 1 N–H and O–H groups in total. The van der Waals surface area contributed by atoms with Gasteiger partial charge in [0.25, 0.3) is 0 Å². The van der Waals surface area contributed by atoms with Crippen molar-refractivity contribution in [1.82, 2.24) is 10.2 Å². The summed E-state index contributed by atoms with van der Waals surface area (Å²) < 4.78 is 30.7. The Bertz CT molecular complexity index is 861. The van der Waals surface area contributed by atoms with Crippen molar-refractivity contribution < 1.29 is 17.6 Å². The summed E-state index contributed by atoms with van der Waals surface area (Å²) in [6.45, 7) is 5.06. The van der Waals surface area contributed by atoms with Gasteiger partial charge in [0.2, 0.25) is 5.91 Å². The highest BCUT2D eigenvalue weighted by atomic mass is 32.2. The summed E-state index contributed by atoms with van der Waals surface area (Å²) in [5, 5.41) is 2.97. The molecule has 26 heavy (non-hydrogen) atoms. The molecule has 2 heterocycles. The summed E-state index contributed by atoms with van der Waals surface area (Å²) in [6, 6.07) is 12.2. The molecule has 2 atom stereocenters. The Balaban J connectivity index is 1.68. The molecule has 0 bridgehead atoms. The second kappa shape index (κ2) is 7.63. The molecule has 1 aromatic heterocycles. The molecule has 0 unspecified atom stereocenters. The summed E-state index contributed by atoms with van der Waals surface area (Å²) >= 11 is 0. The van der Waals surface area contributed by atoms with E-state index in [9.17, 15) is 13.2 Å². The third-order valence-corrected chi connectivity index (χ3v) is 6.40. The number of aryl methyl sites for hydroxylation is 1. The zero-order valence-corrected chi connectivity index (χ0v) is 15.8. The lowest BCUT2D eigenvalue weighted by molar-refractivity contribution is -0.119. The predicted octanol–water partition coefficient (Wildman–Crippen LogP) is 1.97. The third kappa shape index (κ3) is 4.34. The fourth-order valence-electron chi connectivity index (χ4n) is 3.41. The molecular weight excluding hydrogens is 352 g/mol. The molecule has 7 heteroatoms. The highest BCUT2D eigenvalue weighted by Gasteiger charge is 2.36. The lowest BCUT2D eigenvalue weighted by Gasteiger charge is -2.17. The third-order valence-electron chi connectivity index (χ3n) is 4.69. The van der Waals surface area contributed by atoms with Crippen LogP contribution in [0.5, 0.6) is 0 Å². The first-order valence-electron chi connectivity index (χ1n) is 8.69. The van der Waals surface area contributed by atoms with Gasteiger partial charge in [0.05, 0.1) is 22.6 Å². The molecule has 0 aliphatic carbocycles. The number of amides is 1. The van der Waals surface area contributed by atoms with E-state index in [0.717, 1.165) is 11.5 Å². The number of sulfone groups is 1. The number of nitrogens with one attached hydrogen (secondary N) is 1. The Kier molecular flexibility index (Phi) is 5.48. The van der Waals surface area contributed by atoms with E-state index in [-0.39, 0.29) is 23.6 Å². The van der Waals surface area contributed by atoms with Gasteiger partial charge in [-0.05, 0) is 31.2 Å². The second-order valence-electron chi connectivity index (χ2n) is 6.75. The normalized spacial score (nSPS) is 21.0. The molecule has 1 amide bonds. The summed E-state index contributed by atoms with van der Waals surface area (Å²) in [5.41, 5.74) is 0. The van der Waals surface area contributed by atoms with Gasteiger partial charge in [-0.1, -0.05) is 18.2 Å². The first-order chi connectivity index (χ1) is 12.3. The van der Waals surface area contributed by atoms with E-state index in [0.29, 0.717) is 24.5 Å². The minimum atomic E-state index is -3.32. The lowest BCUT2D eigenvalue weighted by atomic mass is 10.0. The molecule has 0 spiro atoms. The molecule has 3 rings (SSSR count). The van der Waals surface area contributed by atoms with Crippen LogP contribution in [0, 0.1) is 6.92 Å². The van der Waals surface area contributed by atoms with E-state index in [2.05, 4.69) is 10.2 Å². The van der Waals surface area contributed by atoms with Crippen LogP contribution in [0.15, 0.2) is 51.8 Å². The Labute approximate surface area is 154 Å². The van der Waals surface area contributed by atoms with E-state index in [1.165, 1.54) is 6.92 Å². The fourth-order valence-corrected chi connectivity index (χ4v) is 4.72. The van der Waals surface area contributed by atoms with E-state index in [4.69, 9.17) is 4.42 Å². The van der Waals surface area contributed by atoms with Gasteiger partial charge in [-0.15, -0.1) is 0 Å². The predicted molar refractivity (Wildman–Crippen MR) is 98.7 cm³/mol. The largest absolute Gasteiger partial charge is 0.466 e. The van der Waals surface area contributed by atoms with Gasteiger partial charge in [-0.3, -0.25) is 9.69 Å². The maximum Gasteiger partial charge on any atom is 0.217 e. The maximum absolute atomic E-state index is 12.5. The molecule has 1 aliphatic rings. The molecule has 2 aromatic rings. The van der Waals surface area contributed by atoms with Gasteiger partial charge in [-0.2, -0.15) is 0 Å². The molecule has 1 saturated heterocycles. The number of furan rings is 1. The molecule has 140 valence electrons. The van der Waals surface area contributed by atoms with Crippen LogP contribution in [0.2, 0.25) is 0 Å². The van der Waals surface area contributed by atoms with Crippen molar-refractivity contribution in [3.8, 4) is 0 Å². The highest BCUT2D eigenvalue weighted by molar-refractivity contribution is 7.91. The first-order valence-corrected chi connectivity index (χ1v) is 10.3. The number of carbonyl (C=O) groups excluding carboxylic acids is 1. The Hall–Kier alpha value is -2.12. The summed E-state index contributed by atoms with van der Waals surface area (Å²) in [7, 11) is -3.32. The van der Waals surface area contributed by atoms with Crippen molar-refractivity contribution in [3.05, 3.63) is 54.0 Å². The van der Waals surface area contributed by atoms with E-state index in [1.54, 1.807) is 30.3 Å². The highest BCUT2D eigenvalue weighted by Crippen LogP contribution is 2.29. The minimum Gasteiger partial charge on any atom is -0.466 e. The average Bonchev–Trinajstić information content (AvgIpc) is 3.19. The first kappa shape index (κ1) is 18.7. The summed E-state index contributed by atoms with van der Waals surface area (Å²) in [6.07, 6.45) is 0. The maximum atomic E-state index is 12.5. The standard InChI is InChI=1S/C19H24N2O4S/c1-14-8-9-19(25-14)17-12-21(13-18(17)20-15(2)22)10-11-26(23,24)16-6-4-3-5-7-16/h3-9,17-18H,10-13H2,1-2H3,(H,20,22)/t17-,18-/m1/s1. The zero-order valence-electron chi connectivity index (χ0n) is 15.0. The smallest absolute Gasteiger partial charge is 0.217 e. The Morgan fingerprint density at radius 3 is 2.54 bits per heavy atom. The van der Waals surface area contributed by atoms with Crippen molar-refractivity contribution in [1.29, 1.82) is 0 Å². The molecule has 0 radical (unpaired) electrons. The van der Waals surface area contributed by atoms with Gasteiger partial charge in [0.15, 0.2) is 9.84 Å². The molecular formula is C19H24N2O4S. The minimum absolute atomic E-state index is 0.0204. The van der Waals surface area contributed by atoms with Crippen molar-refractivity contribution in [2.45, 2.75) is 30.7 Å². The number of carbonyl (C=O) groups is 1. The SMILES string of the molecule is CC(=O)N[C@@H]1CN(CCS(=O)(=O)c2ccccc2)C[C@H]1c1ccc(C)o1. The number of nitrogens with zero attached hydrogens (tertiary/aromatic N) is 1. The van der Waals surface area contributed by atoms with E-state index in [1.807, 2.05) is 19.1 Å². The van der Waals surface area contributed by atoms with E-state index < -0.39 is 9.84 Å². The summed E-state index contributed by atoms with van der Waals surface area (Å²) in [4.78, 5) is 14.0. The van der Waals surface area contributed by atoms with Crippen molar-refractivity contribution >= 4 is 15.7 Å². The van der Waals surface area contributed by atoms with Gasteiger partial charge in [-0.25, -0.2) is 8.42 Å². The van der Waals surface area contributed by atoms with Crippen LogP contribution < -0.4 is 5.32 Å². The number of likely N-dealkylation sites (tertiary alicyclic amines) is 1.